The van der Waals surface area contributed by atoms with Gasteiger partial charge in [0.25, 0.3) is 5.91 Å². The van der Waals surface area contributed by atoms with Crippen molar-refractivity contribution in [1.29, 1.82) is 0 Å². The second kappa shape index (κ2) is 8.60. The smallest absolute Gasteiger partial charge is 0.251 e. The normalized spacial score (nSPS) is 15.8. The Morgan fingerprint density at radius 2 is 1.81 bits per heavy atom. The summed E-state index contributed by atoms with van der Waals surface area (Å²) < 4.78 is 25.3. The van der Waals surface area contributed by atoms with E-state index in [1.165, 1.54) is 9.20 Å². The van der Waals surface area contributed by atoms with Gasteiger partial charge >= 0.3 is 0 Å². The number of thioether (sulfide) groups is 1. The highest BCUT2D eigenvalue weighted by Gasteiger charge is 2.28. The number of rotatable bonds is 7. The number of benzene rings is 2. The van der Waals surface area contributed by atoms with Crippen LogP contribution >= 0.6 is 11.8 Å². The molecule has 0 aromatic heterocycles. The fourth-order valence-electron chi connectivity index (χ4n) is 2.79. The maximum Gasteiger partial charge on any atom is 0.251 e. The second-order valence-corrected chi connectivity index (χ2v) is 9.24. The number of hydrogen-bond donors (Lipinski definition) is 1. The highest BCUT2D eigenvalue weighted by atomic mass is 32.2. The van der Waals surface area contributed by atoms with Gasteiger partial charge in [-0.05, 0) is 55.0 Å². The van der Waals surface area contributed by atoms with E-state index in [-0.39, 0.29) is 11.7 Å². The van der Waals surface area contributed by atoms with Crippen molar-refractivity contribution in [2.24, 2.45) is 0 Å². The van der Waals surface area contributed by atoms with Crippen molar-refractivity contribution in [2.75, 3.05) is 28.9 Å². The van der Waals surface area contributed by atoms with E-state index in [9.17, 15) is 13.2 Å². The quantitative estimate of drug-likeness (QED) is 0.583. The number of carbonyl (C=O) groups is 1. The van der Waals surface area contributed by atoms with Gasteiger partial charge in [0, 0.05) is 23.5 Å². The Morgan fingerprint density at radius 1 is 1.08 bits per heavy atom. The van der Waals surface area contributed by atoms with Gasteiger partial charge < -0.3 is 5.32 Å². The van der Waals surface area contributed by atoms with E-state index < -0.39 is 10.0 Å². The Morgan fingerprint density at radius 3 is 2.46 bits per heavy atom. The van der Waals surface area contributed by atoms with E-state index in [0.717, 1.165) is 12.2 Å². The summed E-state index contributed by atoms with van der Waals surface area (Å²) in [6.07, 6.45) is 1.53. The first kappa shape index (κ1) is 18.8. The lowest BCUT2D eigenvalue weighted by Gasteiger charge is -2.17. The van der Waals surface area contributed by atoms with E-state index in [1.807, 2.05) is 18.2 Å². The van der Waals surface area contributed by atoms with Crippen LogP contribution in [0, 0.1) is 0 Å². The van der Waals surface area contributed by atoms with Gasteiger partial charge in [-0.25, -0.2) is 8.42 Å². The predicted octanol–water partition coefficient (Wildman–Crippen LogP) is 3.14. The zero-order valence-corrected chi connectivity index (χ0v) is 16.1. The van der Waals surface area contributed by atoms with E-state index in [4.69, 9.17) is 0 Å². The number of anilines is 1. The molecule has 0 spiro atoms. The average molecular weight is 391 g/mol. The third-order valence-electron chi connectivity index (χ3n) is 4.14. The fraction of sp³-hybridized carbons (Fsp3) is 0.316. The molecule has 7 heteroatoms. The predicted molar refractivity (Wildman–Crippen MR) is 106 cm³/mol. The molecule has 138 valence electrons. The van der Waals surface area contributed by atoms with E-state index in [0.29, 0.717) is 30.8 Å². The van der Waals surface area contributed by atoms with Crippen LogP contribution in [0.3, 0.4) is 0 Å². The maximum atomic E-state index is 12.2. The summed E-state index contributed by atoms with van der Waals surface area (Å²) in [5.41, 5.74) is 1.17. The third kappa shape index (κ3) is 4.80. The van der Waals surface area contributed by atoms with Gasteiger partial charge in [0.2, 0.25) is 10.0 Å². The van der Waals surface area contributed by atoms with Crippen molar-refractivity contribution < 1.29 is 13.2 Å². The molecule has 0 saturated carbocycles. The minimum Gasteiger partial charge on any atom is -0.352 e. The first-order chi connectivity index (χ1) is 12.6. The van der Waals surface area contributed by atoms with Crippen LogP contribution < -0.4 is 9.62 Å². The molecular weight excluding hydrogens is 368 g/mol. The topological polar surface area (TPSA) is 66.5 Å². The molecule has 5 nitrogen and oxygen atoms in total. The summed E-state index contributed by atoms with van der Waals surface area (Å²) in [5, 5.41) is 2.91. The number of nitrogens with one attached hydrogen (secondary N) is 1. The van der Waals surface area contributed by atoms with Crippen molar-refractivity contribution in [3.05, 3.63) is 60.2 Å². The Kier molecular flexibility index (Phi) is 6.21. The summed E-state index contributed by atoms with van der Waals surface area (Å²) in [6.45, 7) is 1.12. The van der Waals surface area contributed by atoms with Crippen LogP contribution in [0.4, 0.5) is 5.69 Å². The molecule has 0 radical (unpaired) electrons. The summed E-state index contributed by atoms with van der Waals surface area (Å²) in [6, 6.07) is 16.9. The van der Waals surface area contributed by atoms with Crippen LogP contribution in [0.1, 0.15) is 23.2 Å². The third-order valence-corrected chi connectivity index (χ3v) is 7.10. The van der Waals surface area contributed by atoms with Crippen LogP contribution in [0.25, 0.3) is 0 Å². The van der Waals surface area contributed by atoms with Crippen LogP contribution in [0.15, 0.2) is 59.5 Å². The number of hydrogen-bond acceptors (Lipinski definition) is 4. The lowest BCUT2D eigenvalue weighted by Crippen LogP contribution is -2.26. The number of amides is 1. The van der Waals surface area contributed by atoms with Crippen molar-refractivity contribution >= 4 is 33.4 Å². The molecular formula is C19H22N2O3S2. The summed E-state index contributed by atoms with van der Waals surface area (Å²) in [5.74, 6) is 0.997. The van der Waals surface area contributed by atoms with Crippen molar-refractivity contribution in [3.63, 3.8) is 0 Å². The van der Waals surface area contributed by atoms with Crippen LogP contribution in [-0.4, -0.2) is 38.9 Å². The van der Waals surface area contributed by atoms with Crippen LogP contribution in [-0.2, 0) is 10.0 Å². The molecule has 1 amide bonds. The zero-order valence-electron chi connectivity index (χ0n) is 14.4. The summed E-state index contributed by atoms with van der Waals surface area (Å²) in [7, 11) is -3.19. The van der Waals surface area contributed by atoms with E-state index in [1.54, 1.807) is 36.0 Å². The molecule has 0 atom stereocenters. The van der Waals surface area contributed by atoms with Gasteiger partial charge in [0.1, 0.15) is 0 Å². The molecule has 2 aromatic rings. The van der Waals surface area contributed by atoms with Gasteiger partial charge in [-0.3, -0.25) is 9.10 Å². The zero-order chi connectivity index (χ0) is 18.4. The number of sulfonamides is 1. The van der Waals surface area contributed by atoms with Crippen LogP contribution in [0.5, 0.6) is 0 Å². The van der Waals surface area contributed by atoms with Crippen LogP contribution in [0.2, 0.25) is 0 Å². The van der Waals surface area contributed by atoms with Gasteiger partial charge in [0.05, 0.1) is 11.4 Å². The molecule has 2 aromatic carbocycles. The molecule has 0 bridgehead atoms. The molecule has 1 saturated heterocycles. The summed E-state index contributed by atoms with van der Waals surface area (Å²) >= 11 is 1.77. The SMILES string of the molecule is O=C(NCCCSc1ccccc1)c1ccc(N2CCCS2(=O)=O)cc1. The molecule has 1 N–H and O–H groups in total. The second-order valence-electron chi connectivity index (χ2n) is 6.06. The van der Waals surface area contributed by atoms with Crippen molar-refractivity contribution in [2.45, 2.75) is 17.7 Å². The Hall–Kier alpha value is -1.99. The van der Waals surface area contributed by atoms with Crippen molar-refractivity contribution in [3.8, 4) is 0 Å². The van der Waals surface area contributed by atoms with E-state index in [2.05, 4.69) is 17.4 Å². The minimum atomic E-state index is -3.19. The molecule has 3 rings (SSSR count). The monoisotopic (exact) mass is 390 g/mol. The number of nitrogens with zero attached hydrogens (tertiary/aromatic N) is 1. The molecule has 1 aliphatic rings. The Bertz CT molecular complexity index is 837. The lowest BCUT2D eigenvalue weighted by molar-refractivity contribution is 0.0954. The summed E-state index contributed by atoms with van der Waals surface area (Å²) in [4.78, 5) is 13.4. The highest BCUT2D eigenvalue weighted by Crippen LogP contribution is 2.24. The largest absolute Gasteiger partial charge is 0.352 e. The Labute approximate surface area is 158 Å². The first-order valence-electron chi connectivity index (χ1n) is 8.63. The highest BCUT2D eigenvalue weighted by molar-refractivity contribution is 7.99. The van der Waals surface area contributed by atoms with Gasteiger partial charge in [0.15, 0.2) is 0 Å². The first-order valence-corrected chi connectivity index (χ1v) is 11.2. The molecule has 0 aliphatic carbocycles. The molecule has 1 aliphatic heterocycles. The molecule has 1 fully saturated rings. The number of carbonyl (C=O) groups excluding carboxylic acids is 1. The van der Waals surface area contributed by atoms with E-state index >= 15 is 0 Å². The average Bonchev–Trinajstić information content (AvgIpc) is 3.01. The maximum absolute atomic E-state index is 12.2. The van der Waals surface area contributed by atoms with Gasteiger partial charge in [-0.2, -0.15) is 0 Å². The lowest BCUT2D eigenvalue weighted by atomic mass is 10.2. The van der Waals surface area contributed by atoms with Gasteiger partial charge in [-0.15, -0.1) is 11.8 Å². The standard InChI is InChI=1S/C19H22N2O3S2/c22-19(20-12-4-14-25-18-6-2-1-3-7-18)16-8-10-17(11-9-16)21-13-5-15-26(21,23)24/h1-3,6-11H,4-5,12-15H2,(H,20,22). The molecule has 1 heterocycles. The molecule has 0 unspecified atom stereocenters. The Balaban J connectivity index is 1.45. The van der Waals surface area contributed by atoms with Gasteiger partial charge in [-0.1, -0.05) is 18.2 Å². The minimum absolute atomic E-state index is 0.134. The molecule has 26 heavy (non-hydrogen) atoms. The fourth-order valence-corrected chi connectivity index (χ4v) is 5.23. The van der Waals surface area contributed by atoms with Crippen molar-refractivity contribution in [1.82, 2.24) is 5.32 Å².